The molecular formula is C54H42N2O. The van der Waals surface area contributed by atoms with Crippen LogP contribution >= 0.6 is 0 Å². The van der Waals surface area contributed by atoms with Crippen molar-refractivity contribution in [3.63, 3.8) is 0 Å². The van der Waals surface area contributed by atoms with Crippen LogP contribution in [-0.2, 0) is 5.41 Å². The zero-order chi connectivity index (χ0) is 38.7. The molecule has 3 heteroatoms. The van der Waals surface area contributed by atoms with Crippen molar-refractivity contribution in [2.75, 3.05) is 4.90 Å². The fourth-order valence-corrected chi connectivity index (χ4v) is 9.00. The third kappa shape index (κ3) is 5.66. The van der Waals surface area contributed by atoms with Gasteiger partial charge in [-0.3, -0.25) is 0 Å². The molecule has 3 nitrogen and oxygen atoms in total. The predicted octanol–water partition coefficient (Wildman–Crippen LogP) is 14.7. The number of fused-ring (bicyclic) bond motifs is 8. The smallest absolute Gasteiger partial charge is 0.143 e. The molecule has 0 saturated heterocycles. The van der Waals surface area contributed by atoms with Crippen LogP contribution < -0.4 is 10.6 Å². The third-order valence-corrected chi connectivity index (χ3v) is 11.9. The molecule has 0 bridgehead atoms. The lowest BCUT2D eigenvalue weighted by Gasteiger charge is -2.28. The van der Waals surface area contributed by atoms with Crippen LogP contribution in [0.5, 0.6) is 0 Å². The summed E-state index contributed by atoms with van der Waals surface area (Å²) in [6.45, 7) is 6.81. The van der Waals surface area contributed by atoms with Gasteiger partial charge in [-0.25, -0.2) is 0 Å². The standard InChI is InChI=1S/C54H42N2O/c1-35(13-12-32-55)43-19-11-21-50-51(43)52-44-17-8-7-16-39(44)33-47(53(52)57-50)38-24-28-41(29-25-38)56(40-26-22-37(23-27-40)36-14-5-4-6-15-36)42-30-31-46-45-18-9-10-20-48(45)54(2,3)49(46)34-42/h4-34H,55H2,1-3H3/b32-12-,35-13+. The number of rotatable bonds is 7. The maximum Gasteiger partial charge on any atom is 0.143 e. The molecule has 1 aliphatic carbocycles. The van der Waals surface area contributed by atoms with E-state index in [4.69, 9.17) is 10.2 Å². The first-order chi connectivity index (χ1) is 27.9. The molecule has 8 aromatic carbocycles. The zero-order valence-corrected chi connectivity index (χ0v) is 32.3. The molecule has 0 spiro atoms. The highest BCUT2D eigenvalue weighted by atomic mass is 16.3. The van der Waals surface area contributed by atoms with Crippen molar-refractivity contribution in [1.82, 2.24) is 0 Å². The lowest BCUT2D eigenvalue weighted by Crippen LogP contribution is -2.16. The minimum atomic E-state index is -0.113. The average molecular weight is 735 g/mol. The number of hydrogen-bond donors (Lipinski definition) is 1. The van der Waals surface area contributed by atoms with E-state index in [1.807, 2.05) is 6.08 Å². The number of anilines is 3. The van der Waals surface area contributed by atoms with Crippen molar-refractivity contribution in [2.45, 2.75) is 26.2 Å². The molecule has 0 aliphatic heterocycles. The van der Waals surface area contributed by atoms with E-state index in [0.717, 1.165) is 61.3 Å². The predicted molar refractivity (Wildman–Crippen MR) is 241 cm³/mol. The van der Waals surface area contributed by atoms with Gasteiger partial charge in [0.25, 0.3) is 0 Å². The van der Waals surface area contributed by atoms with E-state index < -0.39 is 0 Å². The summed E-state index contributed by atoms with van der Waals surface area (Å²) in [5.41, 5.74) is 22.8. The van der Waals surface area contributed by atoms with Crippen molar-refractivity contribution in [3.8, 4) is 33.4 Å². The molecule has 0 unspecified atom stereocenters. The van der Waals surface area contributed by atoms with Crippen molar-refractivity contribution in [2.24, 2.45) is 5.73 Å². The Kier molecular flexibility index (Phi) is 8.19. The fourth-order valence-electron chi connectivity index (χ4n) is 9.00. The largest absolute Gasteiger partial charge is 0.455 e. The Labute approximate surface area is 333 Å². The molecule has 0 amide bonds. The monoisotopic (exact) mass is 734 g/mol. The maximum absolute atomic E-state index is 6.81. The van der Waals surface area contributed by atoms with Gasteiger partial charge in [-0.1, -0.05) is 141 Å². The second-order valence-corrected chi connectivity index (χ2v) is 15.6. The molecule has 274 valence electrons. The van der Waals surface area contributed by atoms with E-state index in [9.17, 15) is 0 Å². The molecule has 9 aromatic rings. The van der Waals surface area contributed by atoms with Gasteiger partial charge in [0.05, 0.1) is 0 Å². The molecule has 1 aliphatic rings. The van der Waals surface area contributed by atoms with Crippen LogP contribution in [0, 0.1) is 0 Å². The quantitative estimate of drug-likeness (QED) is 0.166. The number of nitrogens with zero attached hydrogens (tertiary/aromatic N) is 1. The van der Waals surface area contributed by atoms with E-state index in [2.05, 4.69) is 202 Å². The molecule has 10 rings (SSSR count). The fraction of sp³-hybridized carbons (Fsp3) is 0.0741. The number of hydrogen-bond acceptors (Lipinski definition) is 3. The van der Waals surface area contributed by atoms with Crippen molar-refractivity contribution in [1.29, 1.82) is 0 Å². The summed E-state index contributed by atoms with van der Waals surface area (Å²) >= 11 is 0. The summed E-state index contributed by atoms with van der Waals surface area (Å²) in [7, 11) is 0. The Bertz CT molecular complexity index is 3040. The van der Waals surface area contributed by atoms with Gasteiger partial charge in [0.2, 0.25) is 0 Å². The number of furan rings is 1. The first-order valence-corrected chi connectivity index (χ1v) is 19.6. The first-order valence-electron chi connectivity index (χ1n) is 19.6. The molecule has 0 saturated carbocycles. The number of nitrogens with two attached hydrogens (primary N) is 1. The number of benzene rings is 8. The van der Waals surface area contributed by atoms with Crippen LogP contribution in [0.15, 0.2) is 193 Å². The van der Waals surface area contributed by atoms with Gasteiger partial charge >= 0.3 is 0 Å². The van der Waals surface area contributed by atoms with Crippen LogP contribution in [0.1, 0.15) is 37.5 Å². The Morgan fingerprint density at radius 2 is 1.21 bits per heavy atom. The molecule has 0 fully saturated rings. The van der Waals surface area contributed by atoms with Gasteiger partial charge in [-0.15, -0.1) is 0 Å². The normalized spacial score (nSPS) is 13.4. The summed E-state index contributed by atoms with van der Waals surface area (Å²) in [6.07, 6.45) is 5.50. The van der Waals surface area contributed by atoms with Gasteiger partial charge in [0.15, 0.2) is 0 Å². The highest BCUT2D eigenvalue weighted by Crippen LogP contribution is 2.51. The van der Waals surface area contributed by atoms with E-state index in [1.54, 1.807) is 6.20 Å². The van der Waals surface area contributed by atoms with Crippen LogP contribution in [-0.4, -0.2) is 0 Å². The van der Waals surface area contributed by atoms with E-state index >= 15 is 0 Å². The molecule has 1 heterocycles. The van der Waals surface area contributed by atoms with Gasteiger partial charge in [0.1, 0.15) is 11.2 Å². The molecule has 57 heavy (non-hydrogen) atoms. The Morgan fingerprint density at radius 1 is 0.561 bits per heavy atom. The van der Waals surface area contributed by atoms with Crippen molar-refractivity contribution in [3.05, 3.63) is 205 Å². The lowest BCUT2D eigenvalue weighted by molar-refractivity contribution is 0.660. The van der Waals surface area contributed by atoms with Crippen LogP contribution in [0.4, 0.5) is 17.1 Å². The average Bonchev–Trinajstić information content (AvgIpc) is 3.76. The summed E-state index contributed by atoms with van der Waals surface area (Å²) in [5, 5.41) is 4.59. The minimum absolute atomic E-state index is 0.113. The van der Waals surface area contributed by atoms with Crippen LogP contribution in [0.25, 0.3) is 71.7 Å². The SMILES string of the molecule is C/C(=C\C=C/N)c1cccc2oc3c(-c4ccc(N(c5ccc(-c6ccccc6)cc5)c5ccc6c(c5)C(C)(C)c5ccccc5-6)cc4)cc4ccccc4c3c12. The Morgan fingerprint density at radius 3 is 1.98 bits per heavy atom. The van der Waals surface area contributed by atoms with Gasteiger partial charge in [-0.05, 0) is 129 Å². The zero-order valence-electron chi connectivity index (χ0n) is 32.3. The third-order valence-electron chi connectivity index (χ3n) is 11.9. The highest BCUT2D eigenvalue weighted by Gasteiger charge is 2.35. The van der Waals surface area contributed by atoms with E-state index in [1.165, 1.54) is 44.2 Å². The second-order valence-electron chi connectivity index (χ2n) is 15.6. The molecule has 2 N–H and O–H groups in total. The summed E-state index contributed by atoms with van der Waals surface area (Å²) < 4.78 is 6.81. The Balaban J connectivity index is 1.12. The van der Waals surface area contributed by atoms with Gasteiger partial charge < -0.3 is 15.1 Å². The molecule has 0 atom stereocenters. The summed E-state index contributed by atoms with van der Waals surface area (Å²) in [5.74, 6) is 0. The van der Waals surface area contributed by atoms with E-state index in [-0.39, 0.29) is 5.41 Å². The highest BCUT2D eigenvalue weighted by molar-refractivity contribution is 6.24. The van der Waals surface area contributed by atoms with Crippen molar-refractivity contribution >= 4 is 55.3 Å². The number of allylic oxidation sites excluding steroid dienone is 3. The summed E-state index contributed by atoms with van der Waals surface area (Å²) in [4.78, 5) is 2.38. The molecule has 0 radical (unpaired) electrons. The lowest BCUT2D eigenvalue weighted by atomic mass is 9.82. The van der Waals surface area contributed by atoms with Crippen LogP contribution in [0.3, 0.4) is 0 Å². The summed E-state index contributed by atoms with van der Waals surface area (Å²) in [6, 6.07) is 61.5. The van der Waals surface area contributed by atoms with Crippen molar-refractivity contribution < 1.29 is 4.42 Å². The molecule has 1 aromatic heterocycles. The Hall–Kier alpha value is -7.10. The van der Waals surface area contributed by atoms with E-state index in [0.29, 0.717) is 0 Å². The minimum Gasteiger partial charge on any atom is -0.455 e. The van der Waals surface area contributed by atoms with Crippen LogP contribution in [0.2, 0.25) is 0 Å². The van der Waals surface area contributed by atoms with Gasteiger partial charge in [-0.2, -0.15) is 0 Å². The second kappa shape index (κ2) is 13.6. The maximum atomic E-state index is 6.81. The molecular weight excluding hydrogens is 693 g/mol. The topological polar surface area (TPSA) is 42.4 Å². The first kappa shape index (κ1) is 34.4. The van der Waals surface area contributed by atoms with Gasteiger partial charge in [0, 0.05) is 38.8 Å².